The summed E-state index contributed by atoms with van der Waals surface area (Å²) in [5.74, 6) is 0.551. The summed E-state index contributed by atoms with van der Waals surface area (Å²) < 4.78 is 10.1. The molecular weight excluding hydrogens is 218 g/mol. The molecule has 0 saturated carbocycles. The molecule has 0 N–H and O–H groups in total. The summed E-state index contributed by atoms with van der Waals surface area (Å²) in [6, 6.07) is 5.56. The van der Waals surface area contributed by atoms with Gasteiger partial charge in [0.1, 0.15) is 11.8 Å². The van der Waals surface area contributed by atoms with Gasteiger partial charge in [0, 0.05) is 6.54 Å². The lowest BCUT2D eigenvalue weighted by Crippen LogP contribution is -2.37. The maximum absolute atomic E-state index is 11.8. The van der Waals surface area contributed by atoms with Crippen LogP contribution in [0.3, 0.4) is 0 Å². The third-order valence-electron chi connectivity index (χ3n) is 3.25. The Morgan fingerprint density at radius 3 is 2.82 bits per heavy atom. The molecule has 1 unspecified atom stereocenters. The SMILES string of the molecule is COC(=O)C1c2cc(OC)ccc2CCN1C. The lowest BCUT2D eigenvalue weighted by molar-refractivity contribution is -0.147. The first-order valence-electron chi connectivity index (χ1n) is 5.62. The topological polar surface area (TPSA) is 38.8 Å². The van der Waals surface area contributed by atoms with Crippen LogP contribution in [-0.4, -0.2) is 38.7 Å². The van der Waals surface area contributed by atoms with Gasteiger partial charge in [-0.25, -0.2) is 4.79 Å². The average molecular weight is 235 g/mol. The standard InChI is InChI=1S/C13H17NO3/c1-14-7-6-9-4-5-10(16-2)8-11(9)12(14)13(15)17-3/h4-5,8,12H,6-7H2,1-3H3. The number of esters is 1. The van der Waals surface area contributed by atoms with Crippen LogP contribution in [0.1, 0.15) is 17.2 Å². The Hall–Kier alpha value is -1.55. The summed E-state index contributed by atoms with van der Waals surface area (Å²) in [4.78, 5) is 13.8. The zero-order valence-corrected chi connectivity index (χ0v) is 10.4. The van der Waals surface area contributed by atoms with Crippen molar-refractivity contribution in [1.82, 2.24) is 4.90 Å². The number of rotatable bonds is 2. The molecule has 0 aliphatic carbocycles. The predicted octanol–water partition coefficient (Wildman–Crippen LogP) is 1.40. The van der Waals surface area contributed by atoms with Crippen molar-refractivity contribution in [1.29, 1.82) is 0 Å². The Kier molecular flexibility index (Phi) is 3.33. The average Bonchev–Trinajstić information content (AvgIpc) is 2.37. The summed E-state index contributed by atoms with van der Waals surface area (Å²) in [6.45, 7) is 0.860. The molecule has 4 nitrogen and oxygen atoms in total. The van der Waals surface area contributed by atoms with E-state index in [9.17, 15) is 4.79 Å². The third kappa shape index (κ3) is 2.13. The molecule has 1 aliphatic heterocycles. The molecule has 17 heavy (non-hydrogen) atoms. The summed E-state index contributed by atoms with van der Waals surface area (Å²) >= 11 is 0. The van der Waals surface area contributed by atoms with Crippen molar-refractivity contribution in [3.63, 3.8) is 0 Å². The van der Waals surface area contributed by atoms with E-state index in [-0.39, 0.29) is 12.0 Å². The van der Waals surface area contributed by atoms with Crippen molar-refractivity contribution in [2.24, 2.45) is 0 Å². The van der Waals surface area contributed by atoms with Crippen LogP contribution in [0.25, 0.3) is 0 Å². The zero-order valence-electron chi connectivity index (χ0n) is 10.4. The van der Waals surface area contributed by atoms with Crippen LogP contribution in [0.4, 0.5) is 0 Å². The maximum atomic E-state index is 11.8. The maximum Gasteiger partial charge on any atom is 0.327 e. The molecule has 0 fully saturated rings. The normalized spacial score (nSPS) is 19.6. The van der Waals surface area contributed by atoms with Gasteiger partial charge in [0.15, 0.2) is 0 Å². The van der Waals surface area contributed by atoms with Gasteiger partial charge in [0.25, 0.3) is 0 Å². The van der Waals surface area contributed by atoms with E-state index in [0.29, 0.717) is 0 Å². The Morgan fingerprint density at radius 2 is 2.18 bits per heavy atom. The van der Waals surface area contributed by atoms with Gasteiger partial charge in [-0.1, -0.05) is 6.07 Å². The van der Waals surface area contributed by atoms with E-state index in [4.69, 9.17) is 9.47 Å². The number of benzene rings is 1. The van der Waals surface area contributed by atoms with E-state index < -0.39 is 0 Å². The third-order valence-corrected chi connectivity index (χ3v) is 3.25. The molecule has 0 saturated heterocycles. The monoisotopic (exact) mass is 235 g/mol. The van der Waals surface area contributed by atoms with Gasteiger partial charge in [-0.3, -0.25) is 4.90 Å². The van der Waals surface area contributed by atoms with E-state index >= 15 is 0 Å². The Morgan fingerprint density at radius 1 is 1.41 bits per heavy atom. The molecule has 2 rings (SSSR count). The van der Waals surface area contributed by atoms with Crippen molar-refractivity contribution >= 4 is 5.97 Å². The highest BCUT2D eigenvalue weighted by molar-refractivity contribution is 5.78. The molecule has 0 radical (unpaired) electrons. The molecule has 1 aromatic rings. The Balaban J connectivity index is 2.45. The highest BCUT2D eigenvalue weighted by Crippen LogP contribution is 2.32. The van der Waals surface area contributed by atoms with Gasteiger partial charge < -0.3 is 9.47 Å². The quantitative estimate of drug-likeness (QED) is 0.726. The number of ether oxygens (including phenoxy) is 2. The molecule has 1 aliphatic rings. The number of nitrogens with zero attached hydrogens (tertiary/aromatic N) is 1. The highest BCUT2D eigenvalue weighted by atomic mass is 16.5. The molecule has 0 bridgehead atoms. The number of fused-ring (bicyclic) bond motifs is 1. The summed E-state index contributed by atoms with van der Waals surface area (Å²) in [5, 5.41) is 0. The number of hydrogen-bond donors (Lipinski definition) is 0. The van der Waals surface area contributed by atoms with Gasteiger partial charge in [-0.15, -0.1) is 0 Å². The summed E-state index contributed by atoms with van der Waals surface area (Å²) in [7, 11) is 4.98. The van der Waals surface area contributed by atoms with Gasteiger partial charge in [-0.2, -0.15) is 0 Å². The second-order valence-electron chi connectivity index (χ2n) is 4.22. The number of likely N-dealkylation sites (N-methyl/N-ethyl adjacent to an activating group) is 1. The molecule has 1 heterocycles. The lowest BCUT2D eigenvalue weighted by atomic mass is 9.93. The fourth-order valence-electron chi connectivity index (χ4n) is 2.26. The number of carbonyl (C=O) groups is 1. The first-order valence-corrected chi connectivity index (χ1v) is 5.62. The Labute approximate surface area is 101 Å². The molecular formula is C13H17NO3. The molecule has 1 aromatic carbocycles. The second kappa shape index (κ2) is 4.75. The van der Waals surface area contributed by atoms with Gasteiger partial charge in [0.05, 0.1) is 14.2 Å². The van der Waals surface area contributed by atoms with E-state index in [1.807, 2.05) is 30.1 Å². The molecule has 1 atom stereocenters. The second-order valence-corrected chi connectivity index (χ2v) is 4.22. The smallest absolute Gasteiger partial charge is 0.327 e. The number of methoxy groups -OCH3 is 2. The van der Waals surface area contributed by atoms with Crippen molar-refractivity contribution < 1.29 is 14.3 Å². The molecule has 92 valence electrons. The van der Waals surface area contributed by atoms with Crippen LogP contribution in [0, 0.1) is 0 Å². The molecule has 0 aromatic heterocycles. The van der Waals surface area contributed by atoms with E-state index in [2.05, 4.69) is 0 Å². The van der Waals surface area contributed by atoms with Gasteiger partial charge >= 0.3 is 5.97 Å². The summed E-state index contributed by atoms with van der Waals surface area (Å²) in [5.41, 5.74) is 2.18. The van der Waals surface area contributed by atoms with Crippen LogP contribution < -0.4 is 4.74 Å². The minimum absolute atomic E-state index is 0.221. The van der Waals surface area contributed by atoms with Crippen molar-refractivity contribution in [3.8, 4) is 5.75 Å². The van der Waals surface area contributed by atoms with Crippen LogP contribution >= 0.6 is 0 Å². The van der Waals surface area contributed by atoms with Crippen molar-refractivity contribution in [2.45, 2.75) is 12.5 Å². The van der Waals surface area contributed by atoms with E-state index in [1.54, 1.807) is 7.11 Å². The van der Waals surface area contributed by atoms with Crippen LogP contribution in [0.15, 0.2) is 18.2 Å². The zero-order chi connectivity index (χ0) is 12.4. The van der Waals surface area contributed by atoms with Crippen LogP contribution in [0.2, 0.25) is 0 Å². The molecule has 0 amide bonds. The van der Waals surface area contributed by atoms with E-state index in [0.717, 1.165) is 24.3 Å². The number of carbonyl (C=O) groups excluding carboxylic acids is 1. The molecule has 0 spiro atoms. The lowest BCUT2D eigenvalue weighted by Gasteiger charge is -2.32. The Bertz CT molecular complexity index is 431. The minimum Gasteiger partial charge on any atom is -0.497 e. The minimum atomic E-state index is -0.321. The molecule has 4 heteroatoms. The largest absolute Gasteiger partial charge is 0.497 e. The fraction of sp³-hybridized carbons (Fsp3) is 0.462. The van der Waals surface area contributed by atoms with Crippen molar-refractivity contribution in [2.75, 3.05) is 27.8 Å². The predicted molar refractivity (Wildman–Crippen MR) is 64.1 cm³/mol. The van der Waals surface area contributed by atoms with E-state index in [1.165, 1.54) is 12.7 Å². The highest BCUT2D eigenvalue weighted by Gasteiger charge is 2.31. The summed E-state index contributed by atoms with van der Waals surface area (Å²) in [6.07, 6.45) is 0.948. The fourth-order valence-corrected chi connectivity index (χ4v) is 2.26. The van der Waals surface area contributed by atoms with Crippen LogP contribution in [0.5, 0.6) is 5.75 Å². The first-order chi connectivity index (χ1) is 8.17. The van der Waals surface area contributed by atoms with Crippen LogP contribution in [-0.2, 0) is 16.0 Å². The van der Waals surface area contributed by atoms with Gasteiger partial charge in [0.2, 0.25) is 0 Å². The number of hydrogen-bond acceptors (Lipinski definition) is 4. The first kappa shape index (κ1) is 11.9. The van der Waals surface area contributed by atoms with Crippen molar-refractivity contribution in [3.05, 3.63) is 29.3 Å². The van der Waals surface area contributed by atoms with Gasteiger partial charge in [-0.05, 0) is 36.7 Å².